The smallest absolute Gasteiger partial charge is 0.408 e. The molecule has 8 heteroatoms. The van der Waals surface area contributed by atoms with Gasteiger partial charge in [-0.1, -0.05) is 44.2 Å². The van der Waals surface area contributed by atoms with Crippen molar-refractivity contribution in [1.29, 1.82) is 0 Å². The van der Waals surface area contributed by atoms with Crippen molar-refractivity contribution < 1.29 is 28.9 Å². The van der Waals surface area contributed by atoms with Crippen molar-refractivity contribution in [2.45, 2.75) is 32.7 Å². The molecule has 0 aromatic heterocycles. The van der Waals surface area contributed by atoms with E-state index in [1.807, 2.05) is 6.07 Å². The number of amides is 1. The molecule has 2 unspecified atom stereocenters. The summed E-state index contributed by atoms with van der Waals surface area (Å²) in [6.07, 6.45) is -1.64. The minimum atomic E-state index is -3.85. The van der Waals surface area contributed by atoms with E-state index in [-0.39, 0.29) is 12.5 Å². The van der Waals surface area contributed by atoms with E-state index in [9.17, 15) is 19.0 Å². The third-order valence-corrected chi connectivity index (χ3v) is 5.65. The van der Waals surface area contributed by atoms with E-state index in [1.54, 1.807) is 38.1 Å². The summed E-state index contributed by atoms with van der Waals surface area (Å²) in [7, 11) is -3.85. The summed E-state index contributed by atoms with van der Waals surface area (Å²) >= 11 is 0. The third-order valence-electron chi connectivity index (χ3n) is 3.19. The predicted molar refractivity (Wildman–Crippen MR) is 85.3 cm³/mol. The number of hydrogen-bond donors (Lipinski definition) is 3. The van der Waals surface area contributed by atoms with Gasteiger partial charge in [-0.2, -0.15) is 0 Å². The minimum absolute atomic E-state index is 0.0440. The van der Waals surface area contributed by atoms with Crippen LogP contribution in [-0.4, -0.2) is 34.0 Å². The molecule has 0 bridgehead atoms. The van der Waals surface area contributed by atoms with Crippen molar-refractivity contribution >= 4 is 19.4 Å². The lowest BCUT2D eigenvalue weighted by atomic mass is 10.2. The molecule has 0 saturated heterocycles. The first-order chi connectivity index (χ1) is 10.7. The van der Waals surface area contributed by atoms with Gasteiger partial charge in [-0.05, 0) is 11.5 Å². The van der Waals surface area contributed by atoms with Gasteiger partial charge < -0.3 is 20.1 Å². The fourth-order valence-electron chi connectivity index (χ4n) is 2.01. The highest BCUT2D eigenvalue weighted by Crippen LogP contribution is 2.48. The highest BCUT2D eigenvalue weighted by atomic mass is 31.2. The van der Waals surface area contributed by atoms with Crippen molar-refractivity contribution in [3.8, 4) is 0 Å². The zero-order valence-electron chi connectivity index (χ0n) is 13.1. The van der Waals surface area contributed by atoms with Crippen LogP contribution in [0.25, 0.3) is 0 Å². The number of benzene rings is 1. The Kier molecular flexibility index (Phi) is 7.26. The molecule has 0 aliphatic carbocycles. The maximum atomic E-state index is 12.3. The molecule has 1 aromatic carbocycles. The fraction of sp³-hybridized carbons (Fsp3) is 0.467. The molecule has 23 heavy (non-hydrogen) atoms. The van der Waals surface area contributed by atoms with Crippen LogP contribution in [0.2, 0.25) is 0 Å². The van der Waals surface area contributed by atoms with E-state index >= 15 is 0 Å². The molecule has 0 aliphatic rings. The summed E-state index contributed by atoms with van der Waals surface area (Å²) in [4.78, 5) is 32.5. The molecule has 3 N–H and O–H groups in total. The molecule has 128 valence electrons. The van der Waals surface area contributed by atoms with Crippen LogP contribution in [0.1, 0.15) is 25.8 Å². The van der Waals surface area contributed by atoms with E-state index in [1.165, 1.54) is 0 Å². The van der Waals surface area contributed by atoms with Gasteiger partial charge >= 0.3 is 12.1 Å². The molecule has 0 spiro atoms. The number of ether oxygens (including phenoxy) is 1. The molecule has 1 aromatic rings. The first-order valence-electron chi connectivity index (χ1n) is 7.23. The summed E-state index contributed by atoms with van der Waals surface area (Å²) in [5.41, 5.74) is 0.793. The number of carbonyl (C=O) groups is 2. The fourth-order valence-corrected chi connectivity index (χ4v) is 4.04. The van der Waals surface area contributed by atoms with Crippen molar-refractivity contribution in [1.82, 2.24) is 5.32 Å². The van der Waals surface area contributed by atoms with Gasteiger partial charge in [0.05, 0.1) is 6.42 Å². The lowest BCUT2D eigenvalue weighted by molar-refractivity contribution is -0.136. The Labute approximate surface area is 135 Å². The van der Waals surface area contributed by atoms with Gasteiger partial charge in [0.25, 0.3) is 0 Å². The SMILES string of the molecule is CC(C)C(NC(=O)OCc1ccccc1)P(=O)(O)CCC(=O)O. The Morgan fingerprint density at radius 2 is 1.87 bits per heavy atom. The highest BCUT2D eigenvalue weighted by Gasteiger charge is 2.35. The van der Waals surface area contributed by atoms with Crippen molar-refractivity contribution in [2.24, 2.45) is 5.92 Å². The number of rotatable bonds is 8. The largest absolute Gasteiger partial charge is 0.481 e. The lowest BCUT2D eigenvalue weighted by Crippen LogP contribution is -2.39. The number of alkyl carbamates (subject to hydrolysis) is 1. The van der Waals surface area contributed by atoms with E-state index < -0.39 is 37.8 Å². The average Bonchev–Trinajstić information content (AvgIpc) is 2.49. The maximum Gasteiger partial charge on any atom is 0.408 e. The second-order valence-corrected chi connectivity index (χ2v) is 8.03. The van der Waals surface area contributed by atoms with E-state index in [0.29, 0.717) is 0 Å². The van der Waals surface area contributed by atoms with E-state index in [4.69, 9.17) is 9.84 Å². The first kappa shape index (κ1) is 19.2. The molecular formula is C15H22NO6P. The van der Waals surface area contributed by atoms with Gasteiger partial charge in [0.15, 0.2) is 0 Å². The monoisotopic (exact) mass is 343 g/mol. The minimum Gasteiger partial charge on any atom is -0.481 e. The van der Waals surface area contributed by atoms with Crippen LogP contribution in [0, 0.1) is 5.92 Å². The van der Waals surface area contributed by atoms with E-state index in [0.717, 1.165) is 5.56 Å². The van der Waals surface area contributed by atoms with Gasteiger partial charge in [-0.3, -0.25) is 9.36 Å². The molecule has 0 heterocycles. The van der Waals surface area contributed by atoms with Crippen molar-refractivity contribution in [3.63, 3.8) is 0 Å². The van der Waals surface area contributed by atoms with Crippen LogP contribution >= 0.6 is 7.37 Å². The molecule has 0 radical (unpaired) electrons. The van der Waals surface area contributed by atoms with Gasteiger partial charge in [0.1, 0.15) is 12.4 Å². The highest BCUT2D eigenvalue weighted by molar-refractivity contribution is 7.58. The second kappa shape index (κ2) is 8.70. The van der Waals surface area contributed by atoms with Gasteiger partial charge in [0.2, 0.25) is 7.37 Å². The van der Waals surface area contributed by atoms with Crippen LogP contribution in [0.5, 0.6) is 0 Å². The number of carboxylic acid groups (broad SMARTS) is 1. The molecule has 0 aliphatic heterocycles. The maximum absolute atomic E-state index is 12.3. The molecule has 0 fully saturated rings. The van der Waals surface area contributed by atoms with Crippen LogP contribution in [0.15, 0.2) is 30.3 Å². The van der Waals surface area contributed by atoms with Crippen LogP contribution in [-0.2, 0) is 20.7 Å². The van der Waals surface area contributed by atoms with Crippen LogP contribution < -0.4 is 5.32 Å². The predicted octanol–water partition coefficient (Wildman–Crippen LogP) is 2.64. The van der Waals surface area contributed by atoms with Crippen LogP contribution in [0.3, 0.4) is 0 Å². The quantitative estimate of drug-likeness (QED) is 0.626. The number of carbonyl (C=O) groups excluding carboxylic acids is 1. The lowest BCUT2D eigenvalue weighted by Gasteiger charge is -2.26. The summed E-state index contributed by atoms with van der Waals surface area (Å²) in [6.45, 7) is 3.39. The van der Waals surface area contributed by atoms with Crippen molar-refractivity contribution in [2.75, 3.05) is 6.16 Å². The Balaban J connectivity index is 2.62. The summed E-state index contributed by atoms with van der Waals surface area (Å²) < 4.78 is 17.3. The molecule has 7 nitrogen and oxygen atoms in total. The number of nitrogens with one attached hydrogen (secondary N) is 1. The molecule has 1 amide bonds. The van der Waals surface area contributed by atoms with Gasteiger partial charge in [-0.25, -0.2) is 4.79 Å². The zero-order chi connectivity index (χ0) is 17.5. The topological polar surface area (TPSA) is 113 Å². The Hall–Kier alpha value is -1.85. The van der Waals surface area contributed by atoms with Crippen LogP contribution in [0.4, 0.5) is 4.79 Å². The molecule has 1 rings (SSSR count). The van der Waals surface area contributed by atoms with Crippen molar-refractivity contribution in [3.05, 3.63) is 35.9 Å². The number of aliphatic carboxylic acids is 1. The summed E-state index contributed by atoms with van der Waals surface area (Å²) in [6, 6.07) is 9.03. The summed E-state index contributed by atoms with van der Waals surface area (Å²) in [5.74, 6) is -2.55. The van der Waals surface area contributed by atoms with Gasteiger partial charge in [0, 0.05) is 6.16 Å². The normalized spacial score (nSPS) is 14.8. The summed E-state index contributed by atoms with van der Waals surface area (Å²) in [5, 5.41) is 11.0. The standard InChI is InChI=1S/C15H22NO6P/c1-11(2)14(23(20,21)9-8-13(17)18)16-15(19)22-10-12-6-4-3-5-7-12/h3-7,11,14H,8-10H2,1-2H3,(H,16,19)(H,17,18)(H,20,21). The Bertz CT molecular complexity index is 575. The molecule has 2 atom stereocenters. The zero-order valence-corrected chi connectivity index (χ0v) is 14.0. The molecular weight excluding hydrogens is 321 g/mol. The third kappa shape index (κ3) is 6.84. The van der Waals surface area contributed by atoms with E-state index in [2.05, 4.69) is 5.32 Å². The average molecular weight is 343 g/mol. The van der Waals surface area contributed by atoms with Gasteiger partial charge in [-0.15, -0.1) is 0 Å². The molecule has 0 saturated carbocycles. The number of carboxylic acids is 1. The first-order valence-corrected chi connectivity index (χ1v) is 9.14. The Morgan fingerprint density at radius 1 is 1.26 bits per heavy atom. The number of hydrogen-bond acceptors (Lipinski definition) is 4. The second-order valence-electron chi connectivity index (χ2n) is 5.52. The Morgan fingerprint density at radius 3 is 2.39 bits per heavy atom.